The van der Waals surface area contributed by atoms with Crippen LogP contribution in [0.2, 0.25) is 0 Å². The van der Waals surface area contributed by atoms with Crippen LogP contribution in [0.1, 0.15) is 18.5 Å². The van der Waals surface area contributed by atoms with Crippen molar-refractivity contribution in [2.45, 2.75) is 13.0 Å². The van der Waals surface area contributed by atoms with Crippen molar-refractivity contribution >= 4 is 0 Å². The minimum absolute atomic E-state index is 0.153. The zero-order chi connectivity index (χ0) is 13.3. The number of nitrogens with two attached hydrogens (primary N) is 1. The van der Waals surface area contributed by atoms with Crippen molar-refractivity contribution in [1.82, 2.24) is 0 Å². The highest BCUT2D eigenvalue weighted by atomic mass is 19.1. The molecule has 0 spiro atoms. The third-order valence-corrected chi connectivity index (χ3v) is 2.74. The predicted octanol–water partition coefficient (Wildman–Crippen LogP) is 3.79. The first-order valence-corrected chi connectivity index (χ1v) is 5.50. The molecule has 1 nitrogen and oxygen atoms in total. The molecule has 94 valence electrons. The molecule has 4 heteroatoms. The van der Waals surface area contributed by atoms with Crippen molar-refractivity contribution in [3.8, 4) is 11.1 Å². The molecule has 0 aliphatic rings. The molecule has 2 rings (SSSR count). The predicted molar refractivity (Wildman–Crippen MR) is 64.4 cm³/mol. The van der Waals surface area contributed by atoms with Gasteiger partial charge in [0.15, 0.2) is 0 Å². The Morgan fingerprint density at radius 1 is 1.00 bits per heavy atom. The largest absolute Gasteiger partial charge is 0.324 e. The number of halogens is 3. The molecule has 2 N–H and O–H groups in total. The summed E-state index contributed by atoms with van der Waals surface area (Å²) in [6, 6.07) is 6.85. The van der Waals surface area contributed by atoms with Crippen LogP contribution in [0.4, 0.5) is 13.2 Å². The van der Waals surface area contributed by atoms with E-state index in [0.29, 0.717) is 5.56 Å². The van der Waals surface area contributed by atoms with E-state index in [-0.39, 0.29) is 11.1 Å². The molecule has 0 heterocycles. The lowest BCUT2D eigenvalue weighted by atomic mass is 9.95. The SMILES string of the molecule is CC(N)c1ccc(F)cc1-c1c(F)cccc1F. The average Bonchev–Trinajstić information content (AvgIpc) is 2.28. The Hall–Kier alpha value is -1.81. The van der Waals surface area contributed by atoms with E-state index in [9.17, 15) is 13.2 Å². The lowest BCUT2D eigenvalue weighted by Crippen LogP contribution is -2.08. The van der Waals surface area contributed by atoms with Crippen molar-refractivity contribution in [3.05, 3.63) is 59.4 Å². The highest BCUT2D eigenvalue weighted by molar-refractivity contribution is 5.69. The van der Waals surface area contributed by atoms with Gasteiger partial charge in [-0.15, -0.1) is 0 Å². The molecule has 2 aromatic carbocycles. The van der Waals surface area contributed by atoms with Crippen LogP contribution in [0.3, 0.4) is 0 Å². The third kappa shape index (κ3) is 2.24. The van der Waals surface area contributed by atoms with Crippen LogP contribution >= 0.6 is 0 Å². The summed E-state index contributed by atoms with van der Waals surface area (Å²) in [5.41, 5.74) is 6.14. The van der Waals surface area contributed by atoms with Gasteiger partial charge in [0.05, 0.1) is 5.56 Å². The van der Waals surface area contributed by atoms with Gasteiger partial charge in [-0.3, -0.25) is 0 Å². The van der Waals surface area contributed by atoms with Crippen molar-refractivity contribution in [2.75, 3.05) is 0 Å². The molecule has 1 unspecified atom stereocenters. The van der Waals surface area contributed by atoms with E-state index in [1.165, 1.54) is 18.2 Å². The molecule has 2 aromatic rings. The highest BCUT2D eigenvalue weighted by Crippen LogP contribution is 2.32. The molecule has 0 saturated carbocycles. The monoisotopic (exact) mass is 251 g/mol. The molecule has 1 atom stereocenters. The Balaban J connectivity index is 2.73. The Labute approximate surface area is 103 Å². The summed E-state index contributed by atoms with van der Waals surface area (Å²) >= 11 is 0. The van der Waals surface area contributed by atoms with Crippen LogP contribution < -0.4 is 5.73 Å². The van der Waals surface area contributed by atoms with Gasteiger partial charge in [-0.05, 0) is 42.3 Å². The number of hydrogen-bond donors (Lipinski definition) is 1. The van der Waals surface area contributed by atoms with E-state index in [2.05, 4.69) is 0 Å². The molecular weight excluding hydrogens is 239 g/mol. The minimum atomic E-state index is -0.734. The molecule has 0 aromatic heterocycles. The molecule has 18 heavy (non-hydrogen) atoms. The van der Waals surface area contributed by atoms with E-state index < -0.39 is 23.5 Å². The number of hydrogen-bond acceptors (Lipinski definition) is 1. The maximum absolute atomic E-state index is 13.7. The summed E-state index contributed by atoms with van der Waals surface area (Å²) in [5.74, 6) is -2.03. The smallest absolute Gasteiger partial charge is 0.133 e. The normalized spacial score (nSPS) is 12.5. The van der Waals surface area contributed by atoms with Crippen LogP contribution in [-0.4, -0.2) is 0 Å². The summed E-state index contributed by atoms with van der Waals surface area (Å²) in [6.45, 7) is 1.68. The summed E-state index contributed by atoms with van der Waals surface area (Å²) in [5, 5.41) is 0. The number of benzene rings is 2. The van der Waals surface area contributed by atoms with E-state index in [0.717, 1.165) is 18.2 Å². The number of rotatable bonds is 2. The van der Waals surface area contributed by atoms with Gasteiger partial charge in [0, 0.05) is 6.04 Å². The summed E-state index contributed by atoms with van der Waals surface area (Å²) in [4.78, 5) is 0. The first-order valence-electron chi connectivity index (χ1n) is 5.50. The van der Waals surface area contributed by atoms with Gasteiger partial charge in [0.25, 0.3) is 0 Å². The standard InChI is InChI=1S/C14H12F3N/c1-8(18)10-6-5-9(15)7-11(10)14-12(16)3-2-4-13(14)17/h2-8H,18H2,1H3. The molecule has 0 fully saturated rings. The fourth-order valence-corrected chi connectivity index (χ4v) is 1.90. The minimum Gasteiger partial charge on any atom is -0.324 e. The fraction of sp³-hybridized carbons (Fsp3) is 0.143. The Morgan fingerprint density at radius 2 is 1.61 bits per heavy atom. The summed E-state index contributed by atoms with van der Waals surface area (Å²) in [7, 11) is 0. The van der Waals surface area contributed by atoms with Gasteiger partial charge in [0.1, 0.15) is 17.5 Å². The second-order valence-electron chi connectivity index (χ2n) is 4.12. The van der Waals surface area contributed by atoms with Crippen LogP contribution in [0.15, 0.2) is 36.4 Å². The average molecular weight is 251 g/mol. The van der Waals surface area contributed by atoms with Crippen LogP contribution in [-0.2, 0) is 0 Å². The second kappa shape index (κ2) is 4.82. The van der Waals surface area contributed by atoms with E-state index in [4.69, 9.17) is 5.73 Å². The second-order valence-corrected chi connectivity index (χ2v) is 4.12. The van der Waals surface area contributed by atoms with Gasteiger partial charge < -0.3 is 5.73 Å². The lowest BCUT2D eigenvalue weighted by Gasteiger charge is -2.14. The summed E-state index contributed by atoms with van der Waals surface area (Å²) < 4.78 is 40.7. The molecule has 0 amide bonds. The van der Waals surface area contributed by atoms with E-state index in [1.807, 2.05) is 0 Å². The molecule has 0 radical (unpaired) electrons. The van der Waals surface area contributed by atoms with Gasteiger partial charge in [0.2, 0.25) is 0 Å². The molecule has 0 aliphatic carbocycles. The first-order chi connectivity index (χ1) is 8.50. The van der Waals surface area contributed by atoms with E-state index >= 15 is 0 Å². The Kier molecular flexibility index (Phi) is 3.39. The third-order valence-electron chi connectivity index (χ3n) is 2.74. The van der Waals surface area contributed by atoms with Crippen LogP contribution in [0, 0.1) is 17.5 Å². The van der Waals surface area contributed by atoms with Gasteiger partial charge in [-0.2, -0.15) is 0 Å². The van der Waals surface area contributed by atoms with E-state index in [1.54, 1.807) is 6.92 Å². The first kappa shape index (κ1) is 12.6. The van der Waals surface area contributed by atoms with Crippen molar-refractivity contribution in [2.24, 2.45) is 5.73 Å². The highest BCUT2D eigenvalue weighted by Gasteiger charge is 2.17. The zero-order valence-corrected chi connectivity index (χ0v) is 9.75. The van der Waals surface area contributed by atoms with Gasteiger partial charge in [-0.1, -0.05) is 12.1 Å². The van der Waals surface area contributed by atoms with Crippen molar-refractivity contribution < 1.29 is 13.2 Å². The quantitative estimate of drug-likeness (QED) is 0.863. The zero-order valence-electron chi connectivity index (χ0n) is 9.75. The van der Waals surface area contributed by atoms with Crippen LogP contribution in [0.25, 0.3) is 11.1 Å². The van der Waals surface area contributed by atoms with Crippen LogP contribution in [0.5, 0.6) is 0 Å². The fourth-order valence-electron chi connectivity index (χ4n) is 1.90. The van der Waals surface area contributed by atoms with Crippen molar-refractivity contribution in [1.29, 1.82) is 0 Å². The summed E-state index contributed by atoms with van der Waals surface area (Å²) in [6.07, 6.45) is 0. The Bertz CT molecular complexity index is 559. The van der Waals surface area contributed by atoms with Crippen molar-refractivity contribution in [3.63, 3.8) is 0 Å². The van der Waals surface area contributed by atoms with Gasteiger partial charge >= 0.3 is 0 Å². The maximum Gasteiger partial charge on any atom is 0.133 e. The Morgan fingerprint density at radius 3 is 2.17 bits per heavy atom. The molecule has 0 saturated heterocycles. The maximum atomic E-state index is 13.7. The topological polar surface area (TPSA) is 26.0 Å². The van der Waals surface area contributed by atoms with Gasteiger partial charge in [-0.25, -0.2) is 13.2 Å². The molecular formula is C14H12F3N. The lowest BCUT2D eigenvalue weighted by molar-refractivity contribution is 0.587. The molecule has 0 aliphatic heterocycles. The molecule has 0 bridgehead atoms.